The quantitative estimate of drug-likeness (QED) is 0.310. The number of likely N-dealkylation sites (N-methyl/N-ethyl adjacent to an activating group) is 2. The van der Waals surface area contributed by atoms with Crippen molar-refractivity contribution in [3.05, 3.63) is 36.2 Å². The van der Waals surface area contributed by atoms with Gasteiger partial charge >= 0.3 is 0 Å². The van der Waals surface area contributed by atoms with Gasteiger partial charge in [-0.1, -0.05) is 6.07 Å². The highest BCUT2D eigenvalue weighted by molar-refractivity contribution is 5.94. The van der Waals surface area contributed by atoms with Crippen LogP contribution in [0.1, 0.15) is 18.4 Å². The Kier molecular flexibility index (Phi) is 17.4. The Balaban J connectivity index is 0.00000231. The van der Waals surface area contributed by atoms with Gasteiger partial charge in [0.1, 0.15) is 12.1 Å². The van der Waals surface area contributed by atoms with Crippen molar-refractivity contribution in [3.63, 3.8) is 0 Å². The van der Waals surface area contributed by atoms with Crippen molar-refractivity contribution < 1.29 is 24.1 Å². The Morgan fingerprint density at radius 2 is 1.86 bits per heavy atom. The summed E-state index contributed by atoms with van der Waals surface area (Å²) in [6, 6.07) is 7.91. The molecule has 2 aromatic carbocycles. The highest BCUT2D eigenvalue weighted by Gasteiger charge is 2.23. The molecule has 11 nitrogen and oxygen atoms in total. The largest absolute Gasteiger partial charge is 0.490 e. The molecular formula is C28H42Cl4N6O5. The zero-order valence-corrected chi connectivity index (χ0v) is 27.6. The fraction of sp³-hybridized carbons (Fsp3) is 0.500. The Morgan fingerprint density at radius 3 is 2.67 bits per heavy atom. The SMILES string of the molecule is CN(CCO)CCCOc1cc2ncnc3c2cc1OCCCNCCN(C)Cc1ccc2c(c1N3)OCO2.Cl.Cl.Cl.Cl. The number of aliphatic hydroxyl groups is 1. The average Bonchev–Trinajstić information content (AvgIpc) is 3.41. The van der Waals surface area contributed by atoms with E-state index in [9.17, 15) is 0 Å². The van der Waals surface area contributed by atoms with Gasteiger partial charge in [0.15, 0.2) is 23.0 Å². The number of rotatable bonds is 7. The molecule has 5 rings (SSSR count). The molecule has 242 valence electrons. The molecule has 0 saturated carbocycles. The lowest BCUT2D eigenvalue weighted by atomic mass is 10.1. The van der Waals surface area contributed by atoms with E-state index in [1.54, 1.807) is 6.33 Å². The predicted molar refractivity (Wildman–Crippen MR) is 178 cm³/mol. The summed E-state index contributed by atoms with van der Waals surface area (Å²) in [4.78, 5) is 13.5. The Hall–Kier alpha value is -2.22. The van der Waals surface area contributed by atoms with Crippen LogP contribution < -0.4 is 29.6 Å². The van der Waals surface area contributed by atoms with E-state index in [-0.39, 0.29) is 63.0 Å². The summed E-state index contributed by atoms with van der Waals surface area (Å²) in [7, 11) is 4.10. The van der Waals surface area contributed by atoms with Crippen LogP contribution in [0.15, 0.2) is 30.6 Å². The molecule has 43 heavy (non-hydrogen) atoms. The molecule has 15 heteroatoms. The van der Waals surface area contributed by atoms with Crippen LogP contribution >= 0.6 is 49.6 Å². The van der Waals surface area contributed by atoms with Crippen LogP contribution in [0.3, 0.4) is 0 Å². The number of benzene rings is 2. The zero-order chi connectivity index (χ0) is 27.0. The molecule has 0 aliphatic carbocycles. The highest BCUT2D eigenvalue weighted by Crippen LogP contribution is 2.44. The number of anilines is 2. The summed E-state index contributed by atoms with van der Waals surface area (Å²) < 4.78 is 24.0. The third-order valence-electron chi connectivity index (χ3n) is 6.86. The summed E-state index contributed by atoms with van der Waals surface area (Å²) in [6.45, 7) is 6.27. The van der Waals surface area contributed by atoms with Gasteiger partial charge in [-0.3, -0.25) is 0 Å². The Morgan fingerprint density at radius 1 is 1.02 bits per heavy atom. The Bertz CT molecular complexity index is 1280. The third kappa shape index (κ3) is 10.2. The van der Waals surface area contributed by atoms with Crippen molar-refractivity contribution in [2.45, 2.75) is 19.4 Å². The van der Waals surface area contributed by atoms with E-state index in [4.69, 9.17) is 24.1 Å². The van der Waals surface area contributed by atoms with Crippen molar-refractivity contribution in [1.29, 1.82) is 0 Å². The third-order valence-corrected chi connectivity index (χ3v) is 6.86. The van der Waals surface area contributed by atoms with E-state index in [0.29, 0.717) is 48.6 Å². The fourth-order valence-electron chi connectivity index (χ4n) is 4.73. The zero-order valence-electron chi connectivity index (χ0n) is 24.4. The standard InChI is InChI=1S/C28H38N6O5.4ClH/c1-33(11-12-35)9-4-14-37-25-16-22-21-15-24(25)36-13-3-7-29-8-10-34(2)17-20-5-6-23-27(39-19-38-23)26(20)32-28(21)31-18-30-22;;;;/h5-6,15-16,18,29,35H,3-4,7-14,17,19H2,1-2H3,(H,30,31,32);4*1H. The fourth-order valence-corrected chi connectivity index (χ4v) is 4.73. The number of nitrogens with zero attached hydrogens (tertiary/aromatic N) is 4. The van der Waals surface area contributed by atoms with Crippen molar-refractivity contribution in [1.82, 2.24) is 25.1 Å². The monoisotopic (exact) mass is 682 g/mol. The van der Waals surface area contributed by atoms with Crippen LogP contribution in [-0.2, 0) is 6.54 Å². The lowest BCUT2D eigenvalue weighted by Gasteiger charge is -2.21. The average molecular weight is 684 g/mol. The molecule has 0 amide bonds. The number of hydrogen-bond acceptors (Lipinski definition) is 11. The molecule has 1 aromatic heterocycles. The highest BCUT2D eigenvalue weighted by atomic mass is 35.5. The minimum absolute atomic E-state index is 0. The van der Waals surface area contributed by atoms with Crippen LogP contribution in [0.25, 0.3) is 10.9 Å². The first-order valence-corrected chi connectivity index (χ1v) is 13.5. The first kappa shape index (κ1) is 38.8. The molecule has 0 radical (unpaired) electrons. The molecule has 2 aliphatic rings. The van der Waals surface area contributed by atoms with E-state index >= 15 is 0 Å². The molecule has 3 heterocycles. The molecule has 3 aromatic rings. The molecule has 2 aliphatic heterocycles. The number of halogens is 4. The minimum Gasteiger partial charge on any atom is -0.490 e. The van der Waals surface area contributed by atoms with Crippen molar-refractivity contribution in [2.24, 2.45) is 0 Å². The molecule has 0 saturated heterocycles. The second-order valence-electron chi connectivity index (χ2n) is 9.92. The molecular weight excluding hydrogens is 642 g/mol. The summed E-state index contributed by atoms with van der Waals surface area (Å²) in [5.41, 5.74) is 2.67. The predicted octanol–water partition coefficient (Wildman–Crippen LogP) is 4.29. The van der Waals surface area contributed by atoms with Gasteiger partial charge in [0.2, 0.25) is 6.79 Å². The molecule has 3 N–H and O–H groups in total. The van der Waals surface area contributed by atoms with E-state index in [2.05, 4.69) is 43.5 Å². The van der Waals surface area contributed by atoms with Gasteiger partial charge in [-0.05, 0) is 51.2 Å². The van der Waals surface area contributed by atoms with Crippen LogP contribution in [0.2, 0.25) is 0 Å². The second-order valence-corrected chi connectivity index (χ2v) is 9.92. The number of aromatic nitrogens is 2. The lowest BCUT2D eigenvalue weighted by Crippen LogP contribution is -2.30. The summed E-state index contributed by atoms with van der Waals surface area (Å²) in [5.74, 6) is 3.38. The summed E-state index contributed by atoms with van der Waals surface area (Å²) in [6.07, 6.45) is 3.25. The number of fused-ring (bicyclic) bond motifs is 4. The maximum absolute atomic E-state index is 9.12. The van der Waals surface area contributed by atoms with Gasteiger partial charge in [-0.25, -0.2) is 9.97 Å². The topological polar surface area (TPSA) is 113 Å². The van der Waals surface area contributed by atoms with Crippen molar-refractivity contribution in [3.8, 4) is 23.0 Å². The molecule has 0 unspecified atom stereocenters. The van der Waals surface area contributed by atoms with Gasteiger partial charge < -0.3 is 44.5 Å². The second kappa shape index (κ2) is 19.2. The first-order chi connectivity index (χ1) is 19.1. The number of hydrogen-bond donors (Lipinski definition) is 3. The molecule has 2 bridgehead atoms. The van der Waals surface area contributed by atoms with Gasteiger partial charge in [0, 0.05) is 44.2 Å². The van der Waals surface area contributed by atoms with E-state index in [1.165, 1.54) is 0 Å². The van der Waals surface area contributed by atoms with Gasteiger partial charge in [0.25, 0.3) is 0 Å². The van der Waals surface area contributed by atoms with Gasteiger partial charge in [0.05, 0.1) is 31.0 Å². The van der Waals surface area contributed by atoms with Crippen molar-refractivity contribution >= 4 is 72.0 Å². The van der Waals surface area contributed by atoms with E-state index in [1.807, 2.05) is 25.2 Å². The van der Waals surface area contributed by atoms with E-state index in [0.717, 1.165) is 67.7 Å². The number of ether oxygens (including phenoxy) is 4. The van der Waals surface area contributed by atoms with Gasteiger partial charge in [-0.15, -0.1) is 49.6 Å². The maximum atomic E-state index is 9.12. The van der Waals surface area contributed by atoms with Crippen LogP contribution in [-0.4, -0.2) is 98.3 Å². The minimum atomic E-state index is 0. The summed E-state index contributed by atoms with van der Waals surface area (Å²) >= 11 is 0. The summed E-state index contributed by atoms with van der Waals surface area (Å²) in [5, 5.41) is 17.0. The van der Waals surface area contributed by atoms with Crippen molar-refractivity contribution in [2.75, 3.05) is 78.7 Å². The van der Waals surface area contributed by atoms with Crippen LogP contribution in [0.5, 0.6) is 23.0 Å². The first-order valence-electron chi connectivity index (χ1n) is 13.5. The molecule has 0 atom stereocenters. The number of aliphatic hydroxyl groups excluding tert-OH is 1. The Labute approximate surface area is 277 Å². The van der Waals surface area contributed by atoms with Crippen LogP contribution in [0.4, 0.5) is 11.5 Å². The van der Waals surface area contributed by atoms with E-state index < -0.39 is 0 Å². The molecule has 0 spiro atoms. The maximum Gasteiger partial charge on any atom is 0.231 e. The smallest absolute Gasteiger partial charge is 0.231 e. The normalized spacial score (nSPS) is 14.7. The number of nitrogens with one attached hydrogen (secondary N) is 2. The lowest BCUT2D eigenvalue weighted by molar-refractivity contribution is 0.174. The van der Waals surface area contributed by atoms with Crippen LogP contribution in [0, 0.1) is 0 Å². The molecule has 0 fully saturated rings. The van der Waals surface area contributed by atoms with Gasteiger partial charge in [-0.2, -0.15) is 0 Å².